The summed E-state index contributed by atoms with van der Waals surface area (Å²) in [7, 11) is 0. The Bertz CT molecular complexity index is 1030. The molecule has 0 saturated heterocycles. The molecule has 0 aliphatic rings. The van der Waals surface area contributed by atoms with Crippen molar-refractivity contribution < 1.29 is 24.2 Å². The Morgan fingerprint density at radius 3 is 0.771 bits per heavy atom. The van der Waals surface area contributed by atoms with Crippen molar-refractivity contribution in [3.63, 3.8) is 0 Å². The molecule has 416 valence electrons. The van der Waals surface area contributed by atoms with E-state index in [1.165, 1.54) is 315 Å². The summed E-state index contributed by atoms with van der Waals surface area (Å²) < 4.78 is 10.7. The van der Waals surface area contributed by atoms with Crippen molar-refractivity contribution in [2.45, 2.75) is 380 Å². The minimum Gasteiger partial charge on any atom is -0.462 e. The molecule has 0 aromatic rings. The van der Waals surface area contributed by atoms with E-state index in [1.54, 1.807) is 0 Å². The summed E-state index contributed by atoms with van der Waals surface area (Å²) in [5.74, 6) is -0.573. The number of ether oxygens (including phenoxy) is 2. The Kier molecular flexibility index (Phi) is 60.7. The minimum atomic E-state index is -0.770. The summed E-state index contributed by atoms with van der Waals surface area (Å²) in [6.45, 7) is 4.19. The van der Waals surface area contributed by atoms with Crippen LogP contribution in [0.1, 0.15) is 373 Å². The molecule has 0 aliphatic carbocycles. The fourth-order valence-corrected chi connectivity index (χ4v) is 10.2. The molecule has 0 aliphatic heterocycles. The molecule has 1 unspecified atom stereocenters. The van der Waals surface area contributed by atoms with Gasteiger partial charge in [0.05, 0.1) is 6.61 Å². The van der Waals surface area contributed by atoms with Crippen molar-refractivity contribution in [2.75, 3.05) is 13.2 Å². The number of carbonyl (C=O) groups is 2. The largest absolute Gasteiger partial charge is 0.462 e. The highest BCUT2D eigenvalue weighted by molar-refractivity contribution is 5.70. The van der Waals surface area contributed by atoms with E-state index >= 15 is 0 Å². The molecule has 0 amide bonds. The highest BCUT2D eigenvalue weighted by atomic mass is 16.6. The first-order chi connectivity index (χ1) is 34.6. The van der Waals surface area contributed by atoms with Crippen LogP contribution in [0, 0.1) is 0 Å². The van der Waals surface area contributed by atoms with Gasteiger partial charge in [-0.3, -0.25) is 9.59 Å². The van der Waals surface area contributed by atoms with Crippen molar-refractivity contribution in [1.82, 2.24) is 0 Å². The maximum absolute atomic E-state index is 12.3. The number of unbranched alkanes of at least 4 members (excludes halogenated alkanes) is 51. The Morgan fingerprint density at radius 1 is 0.314 bits per heavy atom. The molecule has 0 rings (SSSR count). The minimum absolute atomic E-state index is 0.0604. The van der Waals surface area contributed by atoms with Crippen LogP contribution in [0.2, 0.25) is 0 Å². The van der Waals surface area contributed by atoms with Crippen molar-refractivity contribution in [2.24, 2.45) is 0 Å². The van der Waals surface area contributed by atoms with Gasteiger partial charge in [0.1, 0.15) is 6.61 Å². The van der Waals surface area contributed by atoms with Gasteiger partial charge in [-0.2, -0.15) is 0 Å². The van der Waals surface area contributed by atoms with Gasteiger partial charge in [0, 0.05) is 12.8 Å². The van der Waals surface area contributed by atoms with Gasteiger partial charge in [0.25, 0.3) is 0 Å². The predicted octanol–water partition coefficient (Wildman–Crippen LogP) is 21.9. The molecule has 0 aromatic heterocycles. The zero-order valence-corrected chi connectivity index (χ0v) is 47.8. The first-order valence-corrected chi connectivity index (χ1v) is 32.2. The lowest BCUT2D eigenvalue weighted by Crippen LogP contribution is -2.28. The van der Waals surface area contributed by atoms with E-state index in [0.717, 1.165) is 32.1 Å². The number of allylic oxidation sites excluding steroid dienone is 2. The van der Waals surface area contributed by atoms with Crippen molar-refractivity contribution in [3.8, 4) is 0 Å². The first-order valence-electron chi connectivity index (χ1n) is 32.2. The van der Waals surface area contributed by atoms with Crippen LogP contribution in [0.25, 0.3) is 0 Å². The van der Waals surface area contributed by atoms with Gasteiger partial charge in [-0.05, 0) is 38.5 Å². The Hall–Kier alpha value is -1.36. The van der Waals surface area contributed by atoms with Gasteiger partial charge in [-0.25, -0.2) is 0 Å². The molecule has 5 heteroatoms. The maximum Gasteiger partial charge on any atom is 0.306 e. The van der Waals surface area contributed by atoms with Crippen LogP contribution in [0.5, 0.6) is 0 Å². The van der Waals surface area contributed by atoms with Crippen LogP contribution in [0.15, 0.2) is 12.2 Å². The number of rotatable bonds is 61. The maximum atomic E-state index is 12.3. The lowest BCUT2D eigenvalue weighted by molar-refractivity contribution is -0.161. The molecule has 0 saturated carbocycles. The van der Waals surface area contributed by atoms with Gasteiger partial charge >= 0.3 is 11.9 Å². The van der Waals surface area contributed by atoms with E-state index in [9.17, 15) is 14.7 Å². The van der Waals surface area contributed by atoms with Crippen LogP contribution in [0.4, 0.5) is 0 Å². The van der Waals surface area contributed by atoms with Gasteiger partial charge in [0.15, 0.2) is 6.10 Å². The van der Waals surface area contributed by atoms with E-state index in [-0.39, 0.29) is 25.2 Å². The predicted molar refractivity (Wildman–Crippen MR) is 307 cm³/mol. The van der Waals surface area contributed by atoms with E-state index in [1.807, 2.05) is 0 Å². The SMILES string of the molecule is CCCCCCCCC/C=C\CCCCCCCCCC(=O)OC(CO)COC(=O)CCCCCCCCCCCCCCCCCCCCCCCCCCCCCCCCCCCCCCCC. The zero-order chi connectivity index (χ0) is 50.6. The summed E-state index contributed by atoms with van der Waals surface area (Å²) in [5, 5.41) is 9.66. The van der Waals surface area contributed by atoms with Crippen molar-refractivity contribution in [3.05, 3.63) is 12.2 Å². The number of hydrogen-bond acceptors (Lipinski definition) is 5. The van der Waals surface area contributed by atoms with Gasteiger partial charge in [0.2, 0.25) is 0 Å². The highest BCUT2D eigenvalue weighted by Crippen LogP contribution is 2.19. The number of hydrogen-bond donors (Lipinski definition) is 1. The van der Waals surface area contributed by atoms with E-state index in [0.29, 0.717) is 12.8 Å². The van der Waals surface area contributed by atoms with Crippen LogP contribution in [-0.4, -0.2) is 36.4 Å². The molecule has 0 aromatic carbocycles. The standard InChI is InChI=1S/C65H126O5/c1-3-5-7-9-11-13-15-17-19-21-23-24-25-26-27-28-29-30-31-32-33-34-35-36-37-38-39-40-41-42-44-45-47-49-51-53-55-57-59-64(67)69-62-63(61-66)70-65(68)60-58-56-54-52-50-48-46-43-22-20-18-16-14-12-10-8-6-4-2/h20,22,63,66H,3-19,21,23-62H2,1-2H3/b22-20-. The second kappa shape index (κ2) is 61.9. The molecule has 1 atom stereocenters. The van der Waals surface area contributed by atoms with Gasteiger partial charge < -0.3 is 14.6 Å². The topological polar surface area (TPSA) is 72.8 Å². The first kappa shape index (κ1) is 68.6. The summed E-state index contributed by atoms with van der Waals surface area (Å²) in [6, 6.07) is 0. The third-order valence-corrected chi connectivity index (χ3v) is 15.1. The number of aliphatic hydroxyl groups excluding tert-OH is 1. The second-order valence-corrected chi connectivity index (χ2v) is 22.2. The Labute approximate surface area is 439 Å². The van der Waals surface area contributed by atoms with Crippen molar-refractivity contribution >= 4 is 11.9 Å². The fraction of sp³-hybridized carbons (Fsp3) is 0.938. The fourth-order valence-electron chi connectivity index (χ4n) is 10.2. The number of carbonyl (C=O) groups excluding carboxylic acids is 2. The monoisotopic (exact) mass is 987 g/mol. The highest BCUT2D eigenvalue weighted by Gasteiger charge is 2.16. The molecule has 0 fully saturated rings. The Balaban J connectivity index is 3.34. The molecular formula is C65H126O5. The Morgan fingerprint density at radius 2 is 0.529 bits per heavy atom. The lowest BCUT2D eigenvalue weighted by atomic mass is 10.0. The van der Waals surface area contributed by atoms with Crippen LogP contribution in [0.3, 0.4) is 0 Å². The quantitative estimate of drug-likeness (QED) is 0.0373. The average Bonchev–Trinajstić information content (AvgIpc) is 3.36. The summed E-state index contributed by atoms with van der Waals surface area (Å²) >= 11 is 0. The molecule has 0 spiro atoms. The van der Waals surface area contributed by atoms with E-state index in [2.05, 4.69) is 26.0 Å². The summed E-state index contributed by atoms with van der Waals surface area (Å²) in [5.41, 5.74) is 0. The van der Waals surface area contributed by atoms with Crippen LogP contribution < -0.4 is 0 Å². The molecule has 0 radical (unpaired) electrons. The number of esters is 2. The summed E-state index contributed by atoms with van der Waals surface area (Å²) in [6.07, 6.45) is 78.1. The third kappa shape index (κ3) is 59.2. The van der Waals surface area contributed by atoms with E-state index in [4.69, 9.17) is 9.47 Å². The average molecular weight is 988 g/mol. The van der Waals surface area contributed by atoms with E-state index < -0.39 is 6.10 Å². The molecule has 0 bridgehead atoms. The lowest BCUT2D eigenvalue weighted by Gasteiger charge is -2.15. The smallest absolute Gasteiger partial charge is 0.306 e. The van der Waals surface area contributed by atoms with Gasteiger partial charge in [-0.15, -0.1) is 0 Å². The molecular weight excluding hydrogens is 861 g/mol. The zero-order valence-electron chi connectivity index (χ0n) is 47.8. The van der Waals surface area contributed by atoms with Gasteiger partial charge in [-0.1, -0.05) is 334 Å². The molecule has 70 heavy (non-hydrogen) atoms. The molecule has 0 heterocycles. The molecule has 1 N–H and O–H groups in total. The number of aliphatic hydroxyl groups is 1. The third-order valence-electron chi connectivity index (χ3n) is 15.1. The second-order valence-electron chi connectivity index (χ2n) is 22.2. The van der Waals surface area contributed by atoms with Crippen LogP contribution >= 0.6 is 0 Å². The van der Waals surface area contributed by atoms with Crippen molar-refractivity contribution in [1.29, 1.82) is 0 Å². The van der Waals surface area contributed by atoms with Crippen LogP contribution in [-0.2, 0) is 19.1 Å². The normalized spacial score (nSPS) is 12.1. The summed E-state index contributed by atoms with van der Waals surface area (Å²) in [4.78, 5) is 24.5. The molecule has 5 nitrogen and oxygen atoms in total.